The number of fused-ring (bicyclic) bond motifs is 1. The molecule has 0 aliphatic carbocycles. The number of aromatic nitrogens is 4. The van der Waals surface area contributed by atoms with Crippen molar-refractivity contribution in [3.63, 3.8) is 0 Å². The third kappa shape index (κ3) is 4.12. The molecule has 5 nitrogen and oxygen atoms in total. The minimum atomic E-state index is -0.115. The van der Waals surface area contributed by atoms with Gasteiger partial charge < -0.3 is 9.09 Å². The molecule has 0 saturated carbocycles. The second kappa shape index (κ2) is 9.51. The summed E-state index contributed by atoms with van der Waals surface area (Å²) in [7, 11) is 0. The molecule has 1 atom stereocenters. The molecule has 4 aromatic heterocycles. The minimum absolute atomic E-state index is 0.115. The summed E-state index contributed by atoms with van der Waals surface area (Å²) >= 11 is 0. The highest BCUT2D eigenvalue weighted by atomic mass is 16.5. The molecular formula is C32H28N4O. The molecule has 37 heavy (non-hydrogen) atoms. The van der Waals surface area contributed by atoms with Crippen molar-refractivity contribution in [2.45, 2.75) is 33.2 Å². The fourth-order valence-electron chi connectivity index (χ4n) is 5.15. The summed E-state index contributed by atoms with van der Waals surface area (Å²) in [6, 6.07) is 27.5. The monoisotopic (exact) mass is 484 g/mol. The van der Waals surface area contributed by atoms with Gasteiger partial charge in [0.1, 0.15) is 11.8 Å². The standard InChI is InChI=1S/C32H28N4O/c1-4-23-13-15-24(16-14-23)27-20-36(32(25-10-6-5-7-11-25)28-12-8-9-17-33-28)29-18-26(19-34-31(27)29)30-21(2)35-37-22(30)3/h5-20,32H,4H2,1-3H3/t32-/m0/s1. The number of hydrogen-bond acceptors (Lipinski definition) is 4. The maximum atomic E-state index is 5.48. The number of pyridine rings is 2. The molecule has 6 rings (SSSR count). The number of nitrogens with zero attached hydrogens (tertiary/aromatic N) is 4. The van der Waals surface area contributed by atoms with Crippen LogP contribution in [-0.2, 0) is 6.42 Å². The Morgan fingerprint density at radius 3 is 2.32 bits per heavy atom. The molecule has 6 aromatic rings. The second-order valence-electron chi connectivity index (χ2n) is 9.36. The van der Waals surface area contributed by atoms with Crippen LogP contribution in [0.4, 0.5) is 0 Å². The summed E-state index contributed by atoms with van der Waals surface area (Å²) in [5.74, 6) is 0.788. The van der Waals surface area contributed by atoms with Gasteiger partial charge in [-0.05, 0) is 55.2 Å². The first-order valence-corrected chi connectivity index (χ1v) is 12.6. The quantitative estimate of drug-likeness (QED) is 0.245. The molecule has 0 saturated heterocycles. The van der Waals surface area contributed by atoms with E-state index < -0.39 is 0 Å². The highest BCUT2D eigenvalue weighted by Gasteiger charge is 2.23. The van der Waals surface area contributed by atoms with Crippen molar-refractivity contribution in [1.29, 1.82) is 0 Å². The number of hydrogen-bond donors (Lipinski definition) is 0. The Morgan fingerprint density at radius 2 is 1.65 bits per heavy atom. The normalized spacial score (nSPS) is 12.2. The molecule has 0 aliphatic rings. The molecule has 0 spiro atoms. The van der Waals surface area contributed by atoms with Gasteiger partial charge in [-0.3, -0.25) is 9.97 Å². The van der Waals surface area contributed by atoms with Crippen LogP contribution in [0.5, 0.6) is 0 Å². The molecule has 0 fully saturated rings. The van der Waals surface area contributed by atoms with Gasteiger partial charge in [0.25, 0.3) is 0 Å². The van der Waals surface area contributed by atoms with Gasteiger partial charge in [-0.25, -0.2) is 0 Å². The third-order valence-corrected chi connectivity index (χ3v) is 7.03. The Bertz CT molecular complexity index is 1610. The Morgan fingerprint density at radius 1 is 0.865 bits per heavy atom. The maximum absolute atomic E-state index is 5.48. The van der Waals surface area contributed by atoms with Crippen molar-refractivity contribution >= 4 is 11.0 Å². The van der Waals surface area contributed by atoms with Gasteiger partial charge in [0.15, 0.2) is 0 Å². The summed E-state index contributed by atoms with van der Waals surface area (Å²) in [4.78, 5) is 9.80. The average molecular weight is 485 g/mol. The lowest BCUT2D eigenvalue weighted by molar-refractivity contribution is 0.393. The average Bonchev–Trinajstić information content (AvgIpc) is 3.49. The molecule has 2 aromatic carbocycles. The smallest absolute Gasteiger partial charge is 0.141 e. The van der Waals surface area contributed by atoms with E-state index in [1.165, 1.54) is 5.56 Å². The highest BCUT2D eigenvalue weighted by Crippen LogP contribution is 2.38. The van der Waals surface area contributed by atoms with Crippen LogP contribution in [-0.4, -0.2) is 19.7 Å². The SMILES string of the molecule is CCc1ccc(-c2cn([C@@H](c3ccccc3)c3ccccn3)c3cc(-c4c(C)noc4C)cnc23)cc1. The Balaban J connectivity index is 1.64. The zero-order valence-corrected chi connectivity index (χ0v) is 21.2. The molecule has 0 unspecified atom stereocenters. The van der Waals surface area contributed by atoms with Crippen LogP contribution in [0.3, 0.4) is 0 Å². The molecule has 0 bridgehead atoms. The first kappa shape index (κ1) is 22.9. The van der Waals surface area contributed by atoms with E-state index in [0.29, 0.717) is 0 Å². The molecule has 4 heterocycles. The van der Waals surface area contributed by atoms with Crippen molar-refractivity contribution < 1.29 is 4.52 Å². The van der Waals surface area contributed by atoms with Crippen molar-refractivity contribution in [3.05, 3.63) is 126 Å². The molecule has 0 aliphatic heterocycles. The van der Waals surface area contributed by atoms with Crippen molar-refractivity contribution in [3.8, 4) is 22.3 Å². The topological polar surface area (TPSA) is 56.7 Å². The maximum Gasteiger partial charge on any atom is 0.141 e. The second-order valence-corrected chi connectivity index (χ2v) is 9.36. The van der Waals surface area contributed by atoms with Gasteiger partial charge in [0.05, 0.1) is 22.4 Å². The summed E-state index contributed by atoms with van der Waals surface area (Å²) in [5.41, 5.74) is 10.5. The fraction of sp³-hybridized carbons (Fsp3) is 0.156. The molecule has 5 heteroatoms. The number of aryl methyl sites for hydroxylation is 3. The summed E-state index contributed by atoms with van der Waals surface area (Å²) in [6.45, 7) is 6.09. The van der Waals surface area contributed by atoms with Gasteiger partial charge in [0, 0.05) is 35.3 Å². The zero-order valence-electron chi connectivity index (χ0n) is 21.2. The molecule has 0 N–H and O–H groups in total. The van der Waals surface area contributed by atoms with Gasteiger partial charge in [-0.15, -0.1) is 0 Å². The van der Waals surface area contributed by atoms with Gasteiger partial charge in [-0.1, -0.05) is 72.7 Å². The van der Waals surface area contributed by atoms with Crippen LogP contribution in [0.1, 0.15) is 41.2 Å². The van der Waals surface area contributed by atoms with Crippen molar-refractivity contribution in [2.24, 2.45) is 0 Å². The Labute approximate surface area is 216 Å². The molecule has 182 valence electrons. The van der Waals surface area contributed by atoms with E-state index in [4.69, 9.17) is 14.5 Å². The van der Waals surface area contributed by atoms with E-state index in [0.717, 1.165) is 62.4 Å². The van der Waals surface area contributed by atoms with Crippen LogP contribution in [0.2, 0.25) is 0 Å². The van der Waals surface area contributed by atoms with Gasteiger partial charge >= 0.3 is 0 Å². The summed E-state index contributed by atoms with van der Waals surface area (Å²) in [5, 5.41) is 4.17. The summed E-state index contributed by atoms with van der Waals surface area (Å²) < 4.78 is 7.79. The van der Waals surface area contributed by atoms with E-state index in [9.17, 15) is 0 Å². The first-order valence-electron chi connectivity index (χ1n) is 12.6. The molecule has 0 amide bonds. The van der Waals surface area contributed by atoms with E-state index in [2.05, 4.69) is 83.5 Å². The predicted molar refractivity (Wildman–Crippen MR) is 147 cm³/mol. The van der Waals surface area contributed by atoms with Crippen LogP contribution < -0.4 is 0 Å². The van der Waals surface area contributed by atoms with Crippen LogP contribution in [0.25, 0.3) is 33.3 Å². The summed E-state index contributed by atoms with van der Waals surface area (Å²) in [6.07, 6.45) is 7.02. The van der Waals surface area contributed by atoms with Crippen LogP contribution in [0.15, 0.2) is 102 Å². The third-order valence-electron chi connectivity index (χ3n) is 7.03. The Kier molecular flexibility index (Phi) is 5.89. The van der Waals surface area contributed by atoms with E-state index in [-0.39, 0.29) is 6.04 Å². The lowest BCUT2D eigenvalue weighted by Gasteiger charge is -2.20. The molecular weight excluding hydrogens is 456 g/mol. The fourth-order valence-corrected chi connectivity index (χ4v) is 5.15. The van der Waals surface area contributed by atoms with Crippen molar-refractivity contribution in [2.75, 3.05) is 0 Å². The van der Waals surface area contributed by atoms with Crippen LogP contribution >= 0.6 is 0 Å². The largest absolute Gasteiger partial charge is 0.361 e. The lowest BCUT2D eigenvalue weighted by Crippen LogP contribution is -2.13. The number of benzene rings is 2. The van der Waals surface area contributed by atoms with Crippen LogP contribution in [0, 0.1) is 13.8 Å². The predicted octanol–water partition coefficient (Wildman–Crippen LogP) is 7.57. The number of rotatable bonds is 6. The Hall–Kier alpha value is -4.51. The van der Waals surface area contributed by atoms with E-state index >= 15 is 0 Å². The first-order chi connectivity index (χ1) is 18.1. The minimum Gasteiger partial charge on any atom is -0.361 e. The highest BCUT2D eigenvalue weighted by molar-refractivity contribution is 5.95. The van der Waals surface area contributed by atoms with Gasteiger partial charge in [-0.2, -0.15) is 0 Å². The zero-order chi connectivity index (χ0) is 25.4. The van der Waals surface area contributed by atoms with E-state index in [1.54, 1.807) is 0 Å². The van der Waals surface area contributed by atoms with Gasteiger partial charge in [0.2, 0.25) is 0 Å². The van der Waals surface area contributed by atoms with E-state index in [1.807, 2.05) is 44.4 Å². The lowest BCUT2D eigenvalue weighted by atomic mass is 10.0. The molecule has 0 radical (unpaired) electrons. The van der Waals surface area contributed by atoms with Crippen molar-refractivity contribution in [1.82, 2.24) is 19.7 Å².